The van der Waals surface area contributed by atoms with Crippen LogP contribution in [0.2, 0.25) is 0 Å². The van der Waals surface area contributed by atoms with Crippen LogP contribution in [0.15, 0.2) is 35.7 Å². The number of rotatable bonds is 9. The van der Waals surface area contributed by atoms with Crippen molar-refractivity contribution in [3.63, 3.8) is 0 Å². The minimum absolute atomic E-state index is 0.0203. The molecule has 0 atom stereocenters. The van der Waals surface area contributed by atoms with Gasteiger partial charge in [0.15, 0.2) is 11.5 Å². The molecule has 1 aromatic carbocycles. The van der Waals surface area contributed by atoms with Gasteiger partial charge in [-0.3, -0.25) is 14.9 Å². The third-order valence-electron chi connectivity index (χ3n) is 3.39. The van der Waals surface area contributed by atoms with Crippen LogP contribution in [0.3, 0.4) is 0 Å². The van der Waals surface area contributed by atoms with E-state index in [1.54, 1.807) is 11.3 Å². The highest BCUT2D eigenvalue weighted by atomic mass is 32.1. The fourth-order valence-corrected chi connectivity index (χ4v) is 2.90. The van der Waals surface area contributed by atoms with Crippen LogP contribution in [0.4, 0.5) is 14.5 Å². The number of thiophene rings is 1. The lowest BCUT2D eigenvalue weighted by Gasteiger charge is -2.10. The SMILES string of the molecule is COc1cc(C=CC(=O)NCCc2cccs2)c([N+](=O)[O-])cc1OC(F)F. The summed E-state index contributed by atoms with van der Waals surface area (Å²) in [6.07, 6.45) is 3.02. The zero-order valence-corrected chi connectivity index (χ0v) is 15.0. The van der Waals surface area contributed by atoms with Crippen molar-refractivity contribution >= 4 is 29.0 Å². The fourth-order valence-electron chi connectivity index (χ4n) is 2.19. The zero-order valence-electron chi connectivity index (χ0n) is 14.2. The lowest BCUT2D eigenvalue weighted by molar-refractivity contribution is -0.385. The Hall–Kier alpha value is -3.01. The Morgan fingerprint density at radius 3 is 2.78 bits per heavy atom. The summed E-state index contributed by atoms with van der Waals surface area (Å²) in [4.78, 5) is 23.4. The van der Waals surface area contributed by atoms with E-state index < -0.39 is 28.9 Å². The number of nitro benzene ring substituents is 1. The second kappa shape index (κ2) is 9.62. The van der Waals surface area contributed by atoms with Gasteiger partial charge in [-0.05, 0) is 30.0 Å². The highest BCUT2D eigenvalue weighted by Crippen LogP contribution is 2.36. The van der Waals surface area contributed by atoms with Gasteiger partial charge in [0.05, 0.1) is 23.7 Å². The van der Waals surface area contributed by atoms with Gasteiger partial charge < -0.3 is 14.8 Å². The summed E-state index contributed by atoms with van der Waals surface area (Å²) in [5, 5.41) is 15.8. The van der Waals surface area contributed by atoms with Crippen molar-refractivity contribution in [1.29, 1.82) is 0 Å². The topological polar surface area (TPSA) is 90.7 Å². The Labute approximate surface area is 157 Å². The number of halogens is 2. The van der Waals surface area contributed by atoms with Crippen LogP contribution < -0.4 is 14.8 Å². The normalized spacial score (nSPS) is 11.0. The maximum absolute atomic E-state index is 12.4. The first-order valence-corrected chi connectivity index (χ1v) is 8.58. The number of ether oxygens (including phenoxy) is 2. The summed E-state index contributed by atoms with van der Waals surface area (Å²) in [7, 11) is 1.21. The Balaban J connectivity index is 2.11. The summed E-state index contributed by atoms with van der Waals surface area (Å²) in [6, 6.07) is 5.85. The second-order valence-electron chi connectivity index (χ2n) is 5.15. The van der Waals surface area contributed by atoms with E-state index >= 15 is 0 Å². The molecule has 10 heteroatoms. The number of hydrogen-bond acceptors (Lipinski definition) is 6. The van der Waals surface area contributed by atoms with Gasteiger partial charge in [0.25, 0.3) is 5.69 Å². The van der Waals surface area contributed by atoms with Crippen LogP contribution in [0, 0.1) is 10.1 Å². The van der Waals surface area contributed by atoms with E-state index in [0.29, 0.717) is 13.0 Å². The van der Waals surface area contributed by atoms with E-state index in [2.05, 4.69) is 10.1 Å². The molecule has 0 saturated carbocycles. The van der Waals surface area contributed by atoms with Gasteiger partial charge in [0.1, 0.15) is 0 Å². The molecule has 0 aliphatic heterocycles. The maximum Gasteiger partial charge on any atom is 0.387 e. The molecule has 0 spiro atoms. The van der Waals surface area contributed by atoms with E-state index in [0.717, 1.165) is 23.1 Å². The Morgan fingerprint density at radius 2 is 2.19 bits per heavy atom. The number of nitrogens with one attached hydrogen (secondary N) is 1. The van der Waals surface area contributed by atoms with E-state index in [-0.39, 0.29) is 11.3 Å². The van der Waals surface area contributed by atoms with Crippen LogP contribution in [0.5, 0.6) is 11.5 Å². The molecule has 0 fully saturated rings. The average molecular weight is 398 g/mol. The summed E-state index contributed by atoms with van der Waals surface area (Å²) >= 11 is 1.58. The van der Waals surface area contributed by atoms with Crippen LogP contribution in [0.25, 0.3) is 6.08 Å². The molecule has 0 unspecified atom stereocenters. The van der Waals surface area contributed by atoms with Crippen molar-refractivity contribution in [3.8, 4) is 11.5 Å². The van der Waals surface area contributed by atoms with Gasteiger partial charge in [-0.15, -0.1) is 11.3 Å². The minimum atomic E-state index is -3.16. The fraction of sp³-hybridized carbons (Fsp3) is 0.235. The molecule has 2 rings (SSSR count). The van der Waals surface area contributed by atoms with Gasteiger partial charge >= 0.3 is 6.61 Å². The molecule has 1 N–H and O–H groups in total. The molecule has 1 heterocycles. The van der Waals surface area contributed by atoms with Gasteiger partial charge in [-0.25, -0.2) is 0 Å². The molecule has 0 saturated heterocycles. The Morgan fingerprint density at radius 1 is 1.41 bits per heavy atom. The number of nitro groups is 1. The molecule has 144 valence electrons. The zero-order chi connectivity index (χ0) is 19.8. The number of alkyl halides is 2. The van der Waals surface area contributed by atoms with Crippen LogP contribution >= 0.6 is 11.3 Å². The first-order chi connectivity index (χ1) is 12.9. The Bertz CT molecular complexity index is 825. The van der Waals surface area contributed by atoms with Crippen molar-refractivity contribution in [3.05, 3.63) is 56.3 Å². The summed E-state index contributed by atoms with van der Waals surface area (Å²) in [5.74, 6) is -1.01. The predicted octanol–water partition coefficient (Wildman–Crippen LogP) is 3.64. The largest absolute Gasteiger partial charge is 0.493 e. The average Bonchev–Trinajstić information content (AvgIpc) is 3.13. The quantitative estimate of drug-likeness (QED) is 0.396. The third kappa shape index (κ3) is 6.03. The number of amides is 1. The number of hydrogen-bond donors (Lipinski definition) is 1. The van der Waals surface area contributed by atoms with E-state index in [1.807, 2.05) is 17.5 Å². The molecular weight excluding hydrogens is 382 g/mol. The van der Waals surface area contributed by atoms with Gasteiger partial charge in [-0.1, -0.05) is 6.07 Å². The van der Waals surface area contributed by atoms with Crippen LogP contribution in [0.1, 0.15) is 10.4 Å². The molecular formula is C17H16F2N2O5S. The predicted molar refractivity (Wildman–Crippen MR) is 96.3 cm³/mol. The highest BCUT2D eigenvalue weighted by Gasteiger charge is 2.20. The van der Waals surface area contributed by atoms with Gasteiger partial charge in [0, 0.05) is 17.5 Å². The van der Waals surface area contributed by atoms with Crippen molar-refractivity contribution in [2.75, 3.05) is 13.7 Å². The highest BCUT2D eigenvalue weighted by molar-refractivity contribution is 7.09. The molecule has 2 aromatic rings. The molecule has 0 aliphatic carbocycles. The third-order valence-corrected chi connectivity index (χ3v) is 4.33. The Kier molecular flexibility index (Phi) is 7.24. The lowest BCUT2D eigenvalue weighted by atomic mass is 10.1. The molecule has 27 heavy (non-hydrogen) atoms. The molecule has 1 amide bonds. The number of benzene rings is 1. The monoisotopic (exact) mass is 398 g/mol. The number of carbonyl (C=O) groups is 1. The van der Waals surface area contributed by atoms with Crippen molar-refractivity contribution in [1.82, 2.24) is 5.32 Å². The number of carbonyl (C=O) groups excluding carboxylic acids is 1. The summed E-state index contributed by atoms with van der Waals surface area (Å²) in [6.45, 7) is -2.75. The maximum atomic E-state index is 12.4. The summed E-state index contributed by atoms with van der Waals surface area (Å²) < 4.78 is 34.0. The molecule has 1 aromatic heterocycles. The smallest absolute Gasteiger partial charge is 0.387 e. The standard InChI is InChI=1S/C17H16F2N2O5S/c1-25-14-9-11(13(21(23)24)10-15(14)26-17(18)19)4-5-16(22)20-7-6-12-3-2-8-27-12/h2-5,8-10,17H,6-7H2,1H3,(H,20,22). The lowest BCUT2D eigenvalue weighted by Crippen LogP contribution is -2.23. The molecule has 0 aliphatic rings. The summed E-state index contributed by atoms with van der Waals surface area (Å²) in [5.41, 5.74) is -0.471. The van der Waals surface area contributed by atoms with E-state index in [4.69, 9.17) is 4.74 Å². The van der Waals surface area contributed by atoms with Crippen LogP contribution in [-0.4, -0.2) is 31.1 Å². The van der Waals surface area contributed by atoms with Crippen molar-refractivity contribution in [2.24, 2.45) is 0 Å². The van der Waals surface area contributed by atoms with Crippen molar-refractivity contribution in [2.45, 2.75) is 13.0 Å². The van der Waals surface area contributed by atoms with Gasteiger partial charge in [-0.2, -0.15) is 8.78 Å². The van der Waals surface area contributed by atoms with Crippen LogP contribution in [-0.2, 0) is 11.2 Å². The van der Waals surface area contributed by atoms with E-state index in [1.165, 1.54) is 13.2 Å². The van der Waals surface area contributed by atoms with E-state index in [9.17, 15) is 23.7 Å². The van der Waals surface area contributed by atoms with Crippen molar-refractivity contribution < 1.29 is 28.0 Å². The first kappa shape index (κ1) is 20.3. The van der Waals surface area contributed by atoms with Gasteiger partial charge in [0.2, 0.25) is 5.91 Å². The molecule has 0 bridgehead atoms. The number of nitrogens with zero attached hydrogens (tertiary/aromatic N) is 1. The molecule has 0 radical (unpaired) electrons. The second-order valence-corrected chi connectivity index (χ2v) is 6.18. The molecule has 7 nitrogen and oxygen atoms in total. The minimum Gasteiger partial charge on any atom is -0.493 e. The first-order valence-electron chi connectivity index (χ1n) is 7.70. The number of methoxy groups -OCH3 is 1.